The van der Waals surface area contributed by atoms with Crippen LogP contribution in [0.1, 0.15) is 5.56 Å². The maximum Gasteiger partial charge on any atom is 0.119 e. The van der Waals surface area contributed by atoms with Gasteiger partial charge in [-0.05, 0) is 24.7 Å². The molecule has 0 aliphatic carbocycles. The van der Waals surface area contributed by atoms with Gasteiger partial charge in [0.05, 0.1) is 13.3 Å². The standard InChI is InChI=1S/C13H19N3O/c1-15-6-8-16(9-7-15)14-11-12-4-3-5-13(10-12)17-2/h3-5,10-11H,6-9H2,1-2H3/b14-11+. The summed E-state index contributed by atoms with van der Waals surface area (Å²) < 4.78 is 5.18. The molecule has 0 unspecified atom stereocenters. The molecule has 1 saturated heterocycles. The van der Waals surface area contributed by atoms with Crippen LogP contribution in [-0.4, -0.2) is 56.5 Å². The molecule has 0 radical (unpaired) electrons. The SMILES string of the molecule is COc1cccc(/C=N/N2CCN(C)CC2)c1. The Balaban J connectivity index is 1.95. The number of hydrogen-bond donors (Lipinski definition) is 0. The summed E-state index contributed by atoms with van der Waals surface area (Å²) in [5.74, 6) is 0.868. The Morgan fingerprint density at radius 3 is 2.71 bits per heavy atom. The summed E-state index contributed by atoms with van der Waals surface area (Å²) in [4.78, 5) is 2.32. The Morgan fingerprint density at radius 2 is 2.00 bits per heavy atom. The van der Waals surface area contributed by atoms with Crippen molar-refractivity contribution in [1.29, 1.82) is 0 Å². The first-order valence-corrected chi connectivity index (χ1v) is 5.89. The molecule has 17 heavy (non-hydrogen) atoms. The average molecular weight is 233 g/mol. The van der Waals surface area contributed by atoms with Gasteiger partial charge < -0.3 is 9.64 Å². The summed E-state index contributed by atoms with van der Waals surface area (Å²) in [6.07, 6.45) is 1.90. The van der Waals surface area contributed by atoms with Crippen molar-refractivity contribution in [1.82, 2.24) is 9.91 Å². The van der Waals surface area contributed by atoms with Crippen LogP contribution >= 0.6 is 0 Å². The van der Waals surface area contributed by atoms with Crippen LogP contribution in [0.4, 0.5) is 0 Å². The van der Waals surface area contributed by atoms with Crippen LogP contribution in [0.5, 0.6) is 5.75 Å². The minimum Gasteiger partial charge on any atom is -0.497 e. The summed E-state index contributed by atoms with van der Waals surface area (Å²) in [7, 11) is 3.82. The van der Waals surface area contributed by atoms with E-state index in [0.29, 0.717) is 0 Å². The third kappa shape index (κ3) is 3.46. The van der Waals surface area contributed by atoms with Crippen molar-refractivity contribution in [3.8, 4) is 5.75 Å². The summed E-state index contributed by atoms with van der Waals surface area (Å²) in [6.45, 7) is 4.15. The molecular weight excluding hydrogens is 214 g/mol. The molecule has 1 fully saturated rings. The quantitative estimate of drug-likeness (QED) is 0.736. The number of likely N-dealkylation sites (N-methyl/N-ethyl adjacent to an activating group) is 1. The van der Waals surface area contributed by atoms with E-state index in [1.165, 1.54) is 0 Å². The second kappa shape index (κ2) is 5.68. The highest BCUT2D eigenvalue weighted by molar-refractivity contribution is 5.79. The number of benzene rings is 1. The molecule has 1 aliphatic rings. The molecule has 92 valence electrons. The van der Waals surface area contributed by atoms with Crippen LogP contribution in [0.25, 0.3) is 0 Å². The summed E-state index contributed by atoms with van der Waals surface area (Å²) in [5, 5.41) is 6.60. The van der Waals surface area contributed by atoms with Gasteiger partial charge in [0, 0.05) is 26.2 Å². The van der Waals surface area contributed by atoms with E-state index in [2.05, 4.69) is 22.1 Å². The van der Waals surface area contributed by atoms with Gasteiger partial charge in [0.1, 0.15) is 5.75 Å². The predicted molar refractivity (Wildman–Crippen MR) is 69.7 cm³/mol. The molecule has 0 spiro atoms. The van der Waals surface area contributed by atoms with Crippen LogP contribution in [0, 0.1) is 0 Å². The van der Waals surface area contributed by atoms with Crippen LogP contribution in [0.15, 0.2) is 29.4 Å². The summed E-state index contributed by atoms with van der Waals surface area (Å²) >= 11 is 0. The highest BCUT2D eigenvalue weighted by atomic mass is 16.5. The first kappa shape index (κ1) is 11.9. The van der Waals surface area contributed by atoms with E-state index < -0.39 is 0 Å². The van der Waals surface area contributed by atoms with Gasteiger partial charge >= 0.3 is 0 Å². The predicted octanol–water partition coefficient (Wildman–Crippen LogP) is 1.28. The zero-order chi connectivity index (χ0) is 12.1. The van der Waals surface area contributed by atoms with Crippen LogP contribution in [0.2, 0.25) is 0 Å². The third-order valence-corrected chi connectivity index (χ3v) is 2.94. The number of methoxy groups -OCH3 is 1. The van der Waals surface area contributed by atoms with E-state index in [9.17, 15) is 0 Å². The summed E-state index contributed by atoms with van der Waals surface area (Å²) in [5.41, 5.74) is 1.07. The Hall–Kier alpha value is -1.55. The van der Waals surface area contributed by atoms with E-state index in [1.54, 1.807) is 7.11 Å². The van der Waals surface area contributed by atoms with E-state index in [0.717, 1.165) is 37.5 Å². The Kier molecular flexibility index (Phi) is 3.98. The number of nitrogens with zero attached hydrogens (tertiary/aromatic N) is 3. The van der Waals surface area contributed by atoms with Crippen LogP contribution in [-0.2, 0) is 0 Å². The van der Waals surface area contributed by atoms with Crippen molar-refractivity contribution in [2.45, 2.75) is 0 Å². The summed E-state index contributed by atoms with van der Waals surface area (Å²) in [6, 6.07) is 7.93. The van der Waals surface area contributed by atoms with Gasteiger partial charge in [-0.25, -0.2) is 0 Å². The fourth-order valence-electron chi connectivity index (χ4n) is 1.78. The van der Waals surface area contributed by atoms with Crippen molar-refractivity contribution < 1.29 is 4.74 Å². The fraction of sp³-hybridized carbons (Fsp3) is 0.462. The maximum atomic E-state index is 5.18. The lowest BCUT2D eigenvalue weighted by molar-refractivity contribution is 0.159. The number of rotatable bonds is 3. The number of piperazine rings is 1. The molecule has 0 aromatic heterocycles. The normalized spacial score (nSPS) is 17.6. The fourth-order valence-corrected chi connectivity index (χ4v) is 1.78. The van der Waals surface area contributed by atoms with Crippen molar-refractivity contribution in [2.24, 2.45) is 5.10 Å². The molecule has 1 aromatic rings. The molecular formula is C13H19N3O. The maximum absolute atomic E-state index is 5.18. The van der Waals surface area contributed by atoms with Gasteiger partial charge in [-0.1, -0.05) is 12.1 Å². The second-order valence-corrected chi connectivity index (χ2v) is 4.28. The van der Waals surface area contributed by atoms with Crippen molar-refractivity contribution in [2.75, 3.05) is 40.3 Å². The Morgan fingerprint density at radius 1 is 1.24 bits per heavy atom. The highest BCUT2D eigenvalue weighted by Gasteiger charge is 2.10. The molecule has 1 heterocycles. The van der Waals surface area contributed by atoms with Gasteiger partial charge in [0.15, 0.2) is 0 Å². The number of ether oxygens (including phenoxy) is 1. The molecule has 0 N–H and O–H groups in total. The van der Waals surface area contributed by atoms with Crippen LogP contribution < -0.4 is 4.74 Å². The zero-order valence-corrected chi connectivity index (χ0v) is 10.5. The molecule has 2 rings (SSSR count). The molecule has 0 saturated carbocycles. The molecule has 4 nitrogen and oxygen atoms in total. The Labute approximate surface area is 102 Å². The minimum absolute atomic E-state index is 0.868. The average Bonchev–Trinajstić information content (AvgIpc) is 2.38. The minimum atomic E-state index is 0.868. The van der Waals surface area contributed by atoms with Crippen molar-refractivity contribution in [3.63, 3.8) is 0 Å². The molecule has 4 heteroatoms. The number of hydrazone groups is 1. The molecule has 0 amide bonds. The zero-order valence-electron chi connectivity index (χ0n) is 10.5. The van der Waals surface area contributed by atoms with Crippen molar-refractivity contribution in [3.05, 3.63) is 29.8 Å². The monoisotopic (exact) mass is 233 g/mol. The van der Waals surface area contributed by atoms with Gasteiger partial charge in [-0.3, -0.25) is 5.01 Å². The van der Waals surface area contributed by atoms with E-state index in [4.69, 9.17) is 4.74 Å². The van der Waals surface area contributed by atoms with Crippen molar-refractivity contribution >= 4 is 6.21 Å². The van der Waals surface area contributed by atoms with E-state index in [-0.39, 0.29) is 0 Å². The molecule has 0 bridgehead atoms. The lowest BCUT2D eigenvalue weighted by Crippen LogP contribution is -2.41. The largest absolute Gasteiger partial charge is 0.497 e. The first-order chi connectivity index (χ1) is 8.28. The molecule has 0 atom stereocenters. The second-order valence-electron chi connectivity index (χ2n) is 4.28. The third-order valence-electron chi connectivity index (χ3n) is 2.94. The van der Waals surface area contributed by atoms with Gasteiger partial charge in [-0.2, -0.15) is 5.10 Å². The van der Waals surface area contributed by atoms with Crippen LogP contribution in [0.3, 0.4) is 0 Å². The number of hydrogen-bond acceptors (Lipinski definition) is 4. The molecule has 1 aliphatic heterocycles. The van der Waals surface area contributed by atoms with Gasteiger partial charge in [0.25, 0.3) is 0 Å². The first-order valence-electron chi connectivity index (χ1n) is 5.89. The molecule has 1 aromatic carbocycles. The highest BCUT2D eigenvalue weighted by Crippen LogP contribution is 2.11. The van der Waals surface area contributed by atoms with E-state index >= 15 is 0 Å². The smallest absolute Gasteiger partial charge is 0.119 e. The van der Waals surface area contributed by atoms with E-state index in [1.807, 2.05) is 30.5 Å². The lowest BCUT2D eigenvalue weighted by Gasteiger charge is -2.30. The van der Waals surface area contributed by atoms with Gasteiger partial charge in [-0.15, -0.1) is 0 Å². The topological polar surface area (TPSA) is 28.1 Å². The van der Waals surface area contributed by atoms with Gasteiger partial charge in [0.2, 0.25) is 0 Å². The lowest BCUT2D eigenvalue weighted by atomic mass is 10.2. The Bertz CT molecular complexity index is 384.